The number of anilines is 1. The Bertz CT molecular complexity index is 538. The Balaban J connectivity index is 1.91. The predicted molar refractivity (Wildman–Crippen MR) is 75.2 cm³/mol. The van der Waals surface area contributed by atoms with Crippen LogP contribution in [0.4, 0.5) is 5.69 Å². The predicted octanol–water partition coefficient (Wildman–Crippen LogP) is 3.09. The van der Waals surface area contributed by atoms with E-state index in [0.717, 1.165) is 36.8 Å². The van der Waals surface area contributed by atoms with Gasteiger partial charge in [-0.15, -0.1) is 11.6 Å². The number of hydrogen-bond acceptors (Lipinski definition) is 3. The first kappa shape index (κ1) is 11.7. The second-order valence-electron chi connectivity index (χ2n) is 4.83. The number of rotatable bonds is 3. The van der Waals surface area contributed by atoms with Gasteiger partial charge in [-0.1, -0.05) is 18.2 Å². The van der Waals surface area contributed by atoms with Crippen molar-refractivity contribution in [3.8, 4) is 0 Å². The van der Waals surface area contributed by atoms with Crippen molar-refractivity contribution in [2.75, 3.05) is 23.9 Å². The van der Waals surface area contributed by atoms with Crippen LogP contribution in [-0.4, -0.2) is 29.2 Å². The van der Waals surface area contributed by atoms with Crippen LogP contribution in [0.15, 0.2) is 30.5 Å². The smallest absolute Gasteiger partial charge is 0.0950 e. The zero-order valence-corrected chi connectivity index (χ0v) is 11.0. The van der Waals surface area contributed by atoms with E-state index in [2.05, 4.69) is 27.2 Å². The Kier molecular flexibility index (Phi) is 3.33. The Labute approximate surface area is 112 Å². The monoisotopic (exact) mass is 261 g/mol. The van der Waals surface area contributed by atoms with E-state index in [1.54, 1.807) is 0 Å². The molecule has 0 amide bonds. The third-order valence-electron chi connectivity index (χ3n) is 3.67. The van der Waals surface area contributed by atoms with Crippen LogP contribution >= 0.6 is 11.6 Å². The standard InChI is InChI=1S/C14H16ClN3/c15-7-5-11-6-8-18(10-11)14-9-16-17-13-4-2-1-3-12(13)14/h1-4,9,11H,5-8,10H2. The van der Waals surface area contributed by atoms with E-state index in [-0.39, 0.29) is 0 Å². The minimum atomic E-state index is 0.717. The molecule has 1 aromatic carbocycles. The van der Waals surface area contributed by atoms with E-state index in [4.69, 9.17) is 11.6 Å². The molecular formula is C14H16ClN3. The van der Waals surface area contributed by atoms with Crippen LogP contribution in [0, 0.1) is 5.92 Å². The van der Waals surface area contributed by atoms with Gasteiger partial charge in [0, 0.05) is 24.4 Å². The highest BCUT2D eigenvalue weighted by Crippen LogP contribution is 2.30. The Morgan fingerprint density at radius 1 is 1.33 bits per heavy atom. The molecule has 1 saturated heterocycles. The molecule has 2 heterocycles. The summed E-state index contributed by atoms with van der Waals surface area (Å²) in [7, 11) is 0. The lowest BCUT2D eigenvalue weighted by atomic mass is 10.1. The summed E-state index contributed by atoms with van der Waals surface area (Å²) in [4.78, 5) is 2.41. The maximum atomic E-state index is 5.83. The van der Waals surface area contributed by atoms with Crippen molar-refractivity contribution in [1.82, 2.24) is 10.2 Å². The Hall–Kier alpha value is -1.35. The molecule has 0 spiro atoms. The van der Waals surface area contributed by atoms with Crippen LogP contribution in [0.25, 0.3) is 10.9 Å². The largest absolute Gasteiger partial charge is 0.369 e. The van der Waals surface area contributed by atoms with Crippen molar-refractivity contribution in [3.63, 3.8) is 0 Å². The molecule has 0 aliphatic carbocycles. The highest BCUT2D eigenvalue weighted by molar-refractivity contribution is 6.17. The molecular weight excluding hydrogens is 246 g/mol. The normalized spacial score (nSPS) is 19.6. The van der Waals surface area contributed by atoms with Crippen LogP contribution in [0.5, 0.6) is 0 Å². The minimum Gasteiger partial charge on any atom is -0.369 e. The van der Waals surface area contributed by atoms with E-state index in [9.17, 15) is 0 Å². The molecule has 3 nitrogen and oxygen atoms in total. The van der Waals surface area contributed by atoms with Gasteiger partial charge in [0.2, 0.25) is 0 Å². The van der Waals surface area contributed by atoms with Gasteiger partial charge in [0.25, 0.3) is 0 Å². The second kappa shape index (κ2) is 5.11. The maximum absolute atomic E-state index is 5.83. The van der Waals surface area contributed by atoms with Crippen LogP contribution in [0.1, 0.15) is 12.8 Å². The fourth-order valence-electron chi connectivity index (χ4n) is 2.69. The van der Waals surface area contributed by atoms with Gasteiger partial charge in [-0.3, -0.25) is 0 Å². The van der Waals surface area contributed by atoms with E-state index in [0.29, 0.717) is 0 Å². The lowest BCUT2D eigenvalue weighted by Crippen LogP contribution is -2.20. The summed E-state index contributed by atoms with van der Waals surface area (Å²) in [6, 6.07) is 8.19. The molecule has 0 N–H and O–H groups in total. The molecule has 0 saturated carbocycles. The van der Waals surface area contributed by atoms with Crippen LogP contribution in [0.2, 0.25) is 0 Å². The average molecular weight is 262 g/mol. The highest BCUT2D eigenvalue weighted by Gasteiger charge is 2.23. The summed E-state index contributed by atoms with van der Waals surface area (Å²) >= 11 is 5.83. The number of fused-ring (bicyclic) bond motifs is 1. The summed E-state index contributed by atoms with van der Waals surface area (Å²) in [5.74, 6) is 1.47. The van der Waals surface area contributed by atoms with Gasteiger partial charge in [0.15, 0.2) is 0 Å². The fraction of sp³-hybridized carbons (Fsp3) is 0.429. The summed E-state index contributed by atoms with van der Waals surface area (Å²) in [6.45, 7) is 2.18. The molecule has 0 radical (unpaired) electrons. The molecule has 1 aliphatic rings. The molecule has 1 aromatic heterocycles. The van der Waals surface area contributed by atoms with Crippen molar-refractivity contribution in [3.05, 3.63) is 30.5 Å². The number of nitrogens with zero attached hydrogens (tertiary/aromatic N) is 3. The molecule has 4 heteroatoms. The van der Waals surface area contributed by atoms with Crippen molar-refractivity contribution >= 4 is 28.2 Å². The molecule has 1 atom stereocenters. The van der Waals surface area contributed by atoms with E-state index in [1.807, 2.05) is 18.3 Å². The quantitative estimate of drug-likeness (QED) is 0.795. The molecule has 1 aliphatic heterocycles. The topological polar surface area (TPSA) is 29.0 Å². The first-order chi connectivity index (χ1) is 8.88. The van der Waals surface area contributed by atoms with Gasteiger partial charge in [0.1, 0.15) is 0 Å². The molecule has 2 aromatic rings. The SMILES string of the molecule is ClCCC1CCN(c2cnnc3ccccc23)C1. The lowest BCUT2D eigenvalue weighted by Gasteiger charge is -2.19. The van der Waals surface area contributed by atoms with Crippen molar-refractivity contribution in [1.29, 1.82) is 0 Å². The molecule has 18 heavy (non-hydrogen) atoms. The maximum Gasteiger partial charge on any atom is 0.0950 e. The van der Waals surface area contributed by atoms with E-state index >= 15 is 0 Å². The van der Waals surface area contributed by atoms with Crippen LogP contribution in [-0.2, 0) is 0 Å². The van der Waals surface area contributed by atoms with Crippen molar-refractivity contribution in [2.24, 2.45) is 5.92 Å². The van der Waals surface area contributed by atoms with E-state index in [1.165, 1.54) is 17.5 Å². The first-order valence-corrected chi connectivity index (χ1v) is 6.93. The molecule has 94 valence electrons. The van der Waals surface area contributed by atoms with Crippen LogP contribution in [0.3, 0.4) is 0 Å². The number of hydrogen-bond donors (Lipinski definition) is 0. The zero-order valence-electron chi connectivity index (χ0n) is 10.2. The molecule has 0 bridgehead atoms. The number of aromatic nitrogens is 2. The Morgan fingerprint density at radius 3 is 3.11 bits per heavy atom. The fourth-order valence-corrected chi connectivity index (χ4v) is 2.99. The lowest BCUT2D eigenvalue weighted by molar-refractivity contribution is 0.572. The summed E-state index contributed by atoms with van der Waals surface area (Å²) < 4.78 is 0. The van der Waals surface area contributed by atoms with Crippen molar-refractivity contribution in [2.45, 2.75) is 12.8 Å². The van der Waals surface area contributed by atoms with Crippen molar-refractivity contribution < 1.29 is 0 Å². The van der Waals surface area contributed by atoms with Gasteiger partial charge in [-0.2, -0.15) is 10.2 Å². The third kappa shape index (κ3) is 2.15. The molecule has 1 fully saturated rings. The number of alkyl halides is 1. The second-order valence-corrected chi connectivity index (χ2v) is 5.20. The highest BCUT2D eigenvalue weighted by atomic mass is 35.5. The number of benzene rings is 1. The van der Waals surface area contributed by atoms with Gasteiger partial charge in [0.05, 0.1) is 17.4 Å². The van der Waals surface area contributed by atoms with Gasteiger partial charge in [-0.25, -0.2) is 0 Å². The van der Waals surface area contributed by atoms with Gasteiger partial charge >= 0.3 is 0 Å². The summed E-state index contributed by atoms with van der Waals surface area (Å²) in [6.07, 6.45) is 4.21. The zero-order chi connectivity index (χ0) is 12.4. The molecule has 1 unspecified atom stereocenters. The van der Waals surface area contributed by atoms with E-state index < -0.39 is 0 Å². The summed E-state index contributed by atoms with van der Waals surface area (Å²) in [5, 5.41) is 9.48. The molecule has 3 rings (SSSR count). The summed E-state index contributed by atoms with van der Waals surface area (Å²) in [5.41, 5.74) is 2.17. The Morgan fingerprint density at radius 2 is 2.22 bits per heavy atom. The number of halogens is 1. The first-order valence-electron chi connectivity index (χ1n) is 6.40. The third-order valence-corrected chi connectivity index (χ3v) is 3.89. The van der Waals surface area contributed by atoms with Gasteiger partial charge in [-0.05, 0) is 24.8 Å². The average Bonchev–Trinajstić information content (AvgIpc) is 2.87. The van der Waals surface area contributed by atoms with Crippen LogP contribution < -0.4 is 4.90 Å². The minimum absolute atomic E-state index is 0.717. The van der Waals surface area contributed by atoms with Gasteiger partial charge < -0.3 is 4.90 Å².